The summed E-state index contributed by atoms with van der Waals surface area (Å²) >= 11 is 0. The van der Waals surface area contributed by atoms with E-state index in [1.165, 1.54) is 6.20 Å². The minimum absolute atomic E-state index is 0.186. The van der Waals surface area contributed by atoms with E-state index in [2.05, 4.69) is 20.8 Å². The Balaban J connectivity index is 1.90. The van der Waals surface area contributed by atoms with Gasteiger partial charge in [-0.2, -0.15) is 10.2 Å². The fourth-order valence-electron chi connectivity index (χ4n) is 1.97. The summed E-state index contributed by atoms with van der Waals surface area (Å²) in [7, 11) is 0. The molecule has 8 nitrogen and oxygen atoms in total. The highest BCUT2D eigenvalue weighted by Crippen LogP contribution is 2.20. The zero-order chi connectivity index (χ0) is 14.4. The lowest BCUT2D eigenvalue weighted by Crippen LogP contribution is -2.59. The van der Waals surface area contributed by atoms with Crippen molar-refractivity contribution < 1.29 is 19.4 Å². The molecule has 2 amide bonds. The third-order valence-electron chi connectivity index (χ3n) is 3.17. The third-order valence-corrected chi connectivity index (χ3v) is 3.17. The van der Waals surface area contributed by atoms with Crippen molar-refractivity contribution in [2.45, 2.75) is 24.9 Å². The molecule has 20 heavy (non-hydrogen) atoms. The standard InChI is InChI=1S/C12H16N4O4/c17-10(18)12(3-6-20-7-4-12)15-11(19)13-8-9-2-1-5-14-16-9/h1-2,5H,3-4,6-8H2,(H,17,18)(H2,13,15,19). The molecule has 3 N–H and O–H groups in total. The summed E-state index contributed by atoms with van der Waals surface area (Å²) in [4.78, 5) is 23.2. The summed E-state index contributed by atoms with van der Waals surface area (Å²) in [5.41, 5.74) is -0.663. The van der Waals surface area contributed by atoms with Crippen LogP contribution in [0.4, 0.5) is 4.79 Å². The number of rotatable bonds is 4. The molecule has 2 rings (SSSR count). The fourth-order valence-corrected chi connectivity index (χ4v) is 1.97. The molecule has 0 bridgehead atoms. The molecule has 0 aliphatic carbocycles. The largest absolute Gasteiger partial charge is 0.480 e. The maximum absolute atomic E-state index is 11.8. The lowest BCUT2D eigenvalue weighted by molar-refractivity contribution is -0.148. The Bertz CT molecular complexity index is 474. The molecule has 0 saturated carbocycles. The van der Waals surface area contributed by atoms with Gasteiger partial charge in [0.25, 0.3) is 0 Å². The summed E-state index contributed by atoms with van der Waals surface area (Å²) in [6.45, 7) is 0.819. The van der Waals surface area contributed by atoms with E-state index >= 15 is 0 Å². The summed E-state index contributed by atoms with van der Waals surface area (Å²) in [6, 6.07) is 2.88. The highest BCUT2D eigenvalue weighted by molar-refractivity contribution is 5.86. The van der Waals surface area contributed by atoms with Gasteiger partial charge >= 0.3 is 12.0 Å². The first-order chi connectivity index (χ1) is 9.62. The first-order valence-electron chi connectivity index (χ1n) is 6.26. The SMILES string of the molecule is O=C(NCc1cccnn1)NC1(C(=O)O)CCOCC1. The van der Waals surface area contributed by atoms with Crippen LogP contribution in [-0.4, -0.2) is 46.1 Å². The Morgan fingerprint density at radius 3 is 2.75 bits per heavy atom. The van der Waals surface area contributed by atoms with Crippen LogP contribution in [0, 0.1) is 0 Å². The van der Waals surface area contributed by atoms with Crippen molar-refractivity contribution in [2.24, 2.45) is 0 Å². The van der Waals surface area contributed by atoms with E-state index in [0.717, 1.165) is 0 Å². The van der Waals surface area contributed by atoms with Gasteiger partial charge < -0.3 is 20.5 Å². The summed E-state index contributed by atoms with van der Waals surface area (Å²) in [5.74, 6) is -1.05. The molecule has 0 unspecified atom stereocenters. The molecule has 0 aromatic carbocycles. The number of carboxylic acids is 1. The van der Waals surface area contributed by atoms with Crippen LogP contribution in [0.25, 0.3) is 0 Å². The molecular weight excluding hydrogens is 264 g/mol. The second-order valence-corrected chi connectivity index (χ2v) is 4.52. The molecule has 1 aromatic heterocycles. The number of amides is 2. The smallest absolute Gasteiger partial charge is 0.329 e. The number of ether oxygens (including phenoxy) is 1. The molecule has 1 aromatic rings. The molecular formula is C12H16N4O4. The molecule has 0 atom stereocenters. The number of urea groups is 1. The number of carboxylic acid groups (broad SMARTS) is 1. The van der Waals surface area contributed by atoms with Gasteiger partial charge in [0.1, 0.15) is 5.54 Å². The second kappa shape index (κ2) is 6.29. The van der Waals surface area contributed by atoms with Crippen molar-refractivity contribution >= 4 is 12.0 Å². The summed E-state index contributed by atoms with van der Waals surface area (Å²) < 4.78 is 5.13. The van der Waals surface area contributed by atoms with Crippen molar-refractivity contribution in [2.75, 3.05) is 13.2 Å². The van der Waals surface area contributed by atoms with Crippen LogP contribution in [0.5, 0.6) is 0 Å². The number of hydrogen-bond donors (Lipinski definition) is 3. The number of carbonyl (C=O) groups is 2. The third kappa shape index (κ3) is 3.41. The van der Waals surface area contributed by atoms with Crippen LogP contribution < -0.4 is 10.6 Å². The van der Waals surface area contributed by atoms with Crippen molar-refractivity contribution in [3.8, 4) is 0 Å². The first-order valence-corrected chi connectivity index (χ1v) is 6.26. The van der Waals surface area contributed by atoms with Gasteiger partial charge in [-0.25, -0.2) is 9.59 Å². The van der Waals surface area contributed by atoms with Gasteiger partial charge in [0.15, 0.2) is 0 Å². The summed E-state index contributed by atoms with van der Waals surface area (Å²) in [5, 5.41) is 21.9. The van der Waals surface area contributed by atoms with Gasteiger partial charge in [-0.3, -0.25) is 0 Å². The topological polar surface area (TPSA) is 113 Å². The molecule has 2 heterocycles. The second-order valence-electron chi connectivity index (χ2n) is 4.52. The maximum Gasteiger partial charge on any atom is 0.329 e. The van der Waals surface area contributed by atoms with Gasteiger partial charge in [0.2, 0.25) is 0 Å². The van der Waals surface area contributed by atoms with E-state index in [1.54, 1.807) is 12.1 Å². The lowest BCUT2D eigenvalue weighted by atomic mass is 9.90. The Hall–Kier alpha value is -2.22. The van der Waals surface area contributed by atoms with Gasteiger partial charge in [-0.15, -0.1) is 0 Å². The predicted molar refractivity (Wildman–Crippen MR) is 67.8 cm³/mol. The van der Waals surface area contributed by atoms with Crippen molar-refractivity contribution in [3.63, 3.8) is 0 Å². The number of hydrogen-bond acceptors (Lipinski definition) is 5. The fraction of sp³-hybridized carbons (Fsp3) is 0.500. The van der Waals surface area contributed by atoms with Gasteiger partial charge in [0.05, 0.1) is 12.2 Å². The van der Waals surface area contributed by atoms with Crippen molar-refractivity contribution in [3.05, 3.63) is 24.0 Å². The molecule has 1 saturated heterocycles. The maximum atomic E-state index is 11.8. The molecule has 0 radical (unpaired) electrons. The van der Waals surface area contributed by atoms with E-state index in [9.17, 15) is 14.7 Å². The van der Waals surface area contributed by atoms with Crippen LogP contribution in [0.15, 0.2) is 18.3 Å². The average molecular weight is 280 g/mol. The Morgan fingerprint density at radius 1 is 1.40 bits per heavy atom. The minimum atomic E-state index is -1.26. The normalized spacial score (nSPS) is 17.2. The van der Waals surface area contributed by atoms with Crippen LogP contribution in [0.1, 0.15) is 18.5 Å². The minimum Gasteiger partial charge on any atom is -0.480 e. The van der Waals surface area contributed by atoms with Crippen LogP contribution in [0.2, 0.25) is 0 Å². The zero-order valence-corrected chi connectivity index (χ0v) is 10.8. The van der Waals surface area contributed by atoms with Crippen LogP contribution in [0.3, 0.4) is 0 Å². The Morgan fingerprint density at radius 2 is 2.15 bits per heavy atom. The Kier molecular flexibility index (Phi) is 4.46. The molecule has 1 fully saturated rings. The van der Waals surface area contributed by atoms with E-state index in [0.29, 0.717) is 18.9 Å². The highest BCUT2D eigenvalue weighted by atomic mass is 16.5. The summed E-state index contributed by atoms with van der Waals surface area (Å²) in [6.07, 6.45) is 2.03. The molecule has 0 spiro atoms. The van der Waals surface area contributed by atoms with Gasteiger partial charge in [0, 0.05) is 32.3 Å². The average Bonchev–Trinajstić information content (AvgIpc) is 2.47. The quantitative estimate of drug-likeness (QED) is 0.710. The van der Waals surface area contributed by atoms with Gasteiger partial charge in [-0.05, 0) is 12.1 Å². The van der Waals surface area contributed by atoms with Crippen molar-refractivity contribution in [1.82, 2.24) is 20.8 Å². The number of aliphatic carboxylic acids is 1. The highest BCUT2D eigenvalue weighted by Gasteiger charge is 2.41. The molecule has 8 heteroatoms. The monoisotopic (exact) mass is 280 g/mol. The van der Waals surface area contributed by atoms with E-state index in [4.69, 9.17) is 4.74 Å². The molecule has 108 valence electrons. The predicted octanol–water partition coefficient (Wildman–Crippen LogP) is -0.0904. The van der Waals surface area contributed by atoms with E-state index < -0.39 is 17.5 Å². The molecule has 1 aliphatic rings. The van der Waals surface area contributed by atoms with E-state index in [1.807, 2.05) is 0 Å². The lowest BCUT2D eigenvalue weighted by Gasteiger charge is -2.33. The van der Waals surface area contributed by atoms with Crippen molar-refractivity contribution in [1.29, 1.82) is 0 Å². The zero-order valence-electron chi connectivity index (χ0n) is 10.8. The number of aromatic nitrogens is 2. The first kappa shape index (κ1) is 14.2. The van der Waals surface area contributed by atoms with E-state index in [-0.39, 0.29) is 19.4 Å². The Labute approximate surface area is 115 Å². The number of nitrogens with one attached hydrogen (secondary N) is 2. The molecule has 1 aliphatic heterocycles. The number of carbonyl (C=O) groups excluding carboxylic acids is 1. The number of nitrogens with zero attached hydrogens (tertiary/aromatic N) is 2. The van der Waals surface area contributed by atoms with Gasteiger partial charge in [-0.1, -0.05) is 0 Å². The van der Waals surface area contributed by atoms with Crippen LogP contribution >= 0.6 is 0 Å². The van der Waals surface area contributed by atoms with Crippen LogP contribution in [-0.2, 0) is 16.1 Å².